The molecule has 0 aliphatic carbocycles. The van der Waals surface area contributed by atoms with Crippen molar-refractivity contribution in [3.05, 3.63) is 60.2 Å². The Morgan fingerprint density at radius 1 is 0.852 bits per heavy atom. The van der Waals surface area contributed by atoms with Crippen molar-refractivity contribution in [2.75, 3.05) is 14.2 Å². The molecule has 0 radical (unpaired) electrons. The van der Waals surface area contributed by atoms with E-state index in [-0.39, 0.29) is 6.92 Å². The molecule has 0 spiro atoms. The average molecular weight is 364 g/mol. The Balaban J connectivity index is 2.00. The minimum atomic E-state index is -0.687. The van der Waals surface area contributed by atoms with Gasteiger partial charge < -0.3 is 9.47 Å². The van der Waals surface area contributed by atoms with E-state index in [0.29, 0.717) is 0 Å². The highest BCUT2D eigenvalue weighted by Gasteiger charge is 2.63. The van der Waals surface area contributed by atoms with Gasteiger partial charge in [0.15, 0.2) is 6.19 Å². The largest absolute Gasteiger partial charge is 0.409 e. The monoisotopic (exact) mass is 364 g/mol. The van der Waals surface area contributed by atoms with Crippen LogP contribution in [-0.4, -0.2) is 27.3 Å². The Morgan fingerprint density at radius 2 is 1.37 bits per heavy atom. The van der Waals surface area contributed by atoms with E-state index in [4.69, 9.17) is 19.2 Å². The quantitative estimate of drug-likeness (QED) is 0.279. The molecule has 0 aromatic heterocycles. The molecule has 1 unspecified atom stereocenters. The molecule has 0 amide bonds. The third kappa shape index (κ3) is 2.61. The second kappa shape index (κ2) is 6.60. The third-order valence-electron chi connectivity index (χ3n) is 6.22. The summed E-state index contributed by atoms with van der Waals surface area (Å²) in [6.45, 7) is 6.03. The van der Waals surface area contributed by atoms with Crippen molar-refractivity contribution in [3.8, 4) is 0 Å². The Labute approximate surface area is 160 Å². The van der Waals surface area contributed by atoms with Crippen LogP contribution in [0.15, 0.2) is 54.6 Å². The second-order valence-electron chi connectivity index (χ2n) is 7.89. The van der Waals surface area contributed by atoms with Crippen molar-refractivity contribution in [2.45, 2.75) is 37.9 Å². The second-order valence-corrected chi connectivity index (χ2v) is 7.89. The summed E-state index contributed by atoms with van der Waals surface area (Å²) in [5, 5.41) is 4.30. The van der Waals surface area contributed by atoms with E-state index >= 15 is 0 Å². The molecule has 0 N–H and O–H groups in total. The van der Waals surface area contributed by atoms with Crippen LogP contribution >= 0.6 is 0 Å². The summed E-state index contributed by atoms with van der Waals surface area (Å²) in [5.74, 6) is 0. The molecular weight excluding hydrogens is 339 g/mol. The topological polar surface area (TPSA) is 36.9 Å². The molecule has 4 nitrogen and oxygen atoms in total. The smallest absolute Gasteiger partial charge is 0.360 e. The van der Waals surface area contributed by atoms with E-state index < -0.39 is 17.1 Å². The summed E-state index contributed by atoms with van der Waals surface area (Å²) < 4.78 is 11.0. The van der Waals surface area contributed by atoms with Gasteiger partial charge in [0.2, 0.25) is 0 Å². The zero-order valence-electron chi connectivity index (χ0n) is 16.5. The zero-order chi connectivity index (χ0) is 19.2. The van der Waals surface area contributed by atoms with Gasteiger partial charge in [0.05, 0.1) is 0 Å². The molecule has 5 heteroatoms. The predicted octanol–water partition coefficient (Wildman–Crippen LogP) is 5.10. The van der Waals surface area contributed by atoms with Gasteiger partial charge in [-0.1, -0.05) is 62.4 Å². The highest BCUT2D eigenvalue weighted by Crippen LogP contribution is 2.58. The molecule has 140 valence electrons. The fourth-order valence-corrected chi connectivity index (χ4v) is 4.27. The minimum absolute atomic E-state index is 0.366. The van der Waals surface area contributed by atoms with E-state index in [2.05, 4.69) is 75.4 Å². The van der Waals surface area contributed by atoms with E-state index in [9.17, 15) is 0 Å². The van der Waals surface area contributed by atoms with Crippen LogP contribution < -0.4 is 0 Å². The van der Waals surface area contributed by atoms with Crippen LogP contribution in [0.5, 0.6) is 0 Å². The lowest BCUT2D eigenvalue weighted by Gasteiger charge is -2.38. The van der Waals surface area contributed by atoms with Crippen LogP contribution in [0.1, 0.15) is 26.3 Å². The lowest BCUT2D eigenvalue weighted by Crippen LogP contribution is -2.46. The van der Waals surface area contributed by atoms with E-state index in [1.54, 1.807) is 14.2 Å². The Kier molecular flexibility index (Phi) is 4.51. The number of hydrogen-bond donors (Lipinski definition) is 0. The van der Waals surface area contributed by atoms with E-state index in [1.165, 1.54) is 21.5 Å². The van der Waals surface area contributed by atoms with E-state index in [1.807, 2.05) is 0 Å². The molecule has 1 atom stereocenters. The molecule has 1 aliphatic heterocycles. The summed E-state index contributed by atoms with van der Waals surface area (Å²) >= 11 is 0. The molecule has 1 fully saturated rings. The van der Waals surface area contributed by atoms with Crippen LogP contribution in [0.2, 0.25) is 5.31 Å². The number of benzene rings is 3. The van der Waals surface area contributed by atoms with Crippen molar-refractivity contribution in [2.24, 2.45) is 0 Å². The van der Waals surface area contributed by atoms with Gasteiger partial charge in [-0.05, 0) is 34.5 Å². The fraction of sp³-hybridized carbons (Fsp3) is 0.364. The number of hydrogen-bond acceptors (Lipinski definition) is 4. The summed E-state index contributed by atoms with van der Waals surface area (Å²) in [6.07, 6.45) is -0.511. The van der Waals surface area contributed by atoms with Gasteiger partial charge in [-0.2, -0.15) is 0 Å². The molecular formula is C22H25BO4. The first-order valence-corrected chi connectivity index (χ1v) is 9.25. The van der Waals surface area contributed by atoms with Gasteiger partial charge in [-0.25, -0.2) is 4.89 Å². The van der Waals surface area contributed by atoms with Crippen molar-refractivity contribution in [1.29, 1.82) is 0 Å². The first-order chi connectivity index (χ1) is 12.9. The van der Waals surface area contributed by atoms with Gasteiger partial charge in [0, 0.05) is 25.1 Å². The first kappa shape index (κ1) is 18.4. The van der Waals surface area contributed by atoms with Crippen molar-refractivity contribution in [1.82, 2.24) is 0 Å². The van der Waals surface area contributed by atoms with Crippen LogP contribution in [0.4, 0.5) is 0 Å². The van der Waals surface area contributed by atoms with Gasteiger partial charge in [0.1, 0.15) is 5.60 Å². The minimum Gasteiger partial charge on any atom is -0.360 e. The van der Waals surface area contributed by atoms with Gasteiger partial charge in [-0.3, -0.25) is 4.81 Å². The molecule has 1 aliphatic rings. The third-order valence-corrected chi connectivity index (χ3v) is 6.22. The summed E-state index contributed by atoms with van der Waals surface area (Å²) in [5.41, 5.74) is 0.447. The maximum absolute atomic E-state index is 6.10. The molecule has 1 saturated heterocycles. The van der Waals surface area contributed by atoms with Crippen molar-refractivity contribution >= 4 is 28.5 Å². The predicted molar refractivity (Wildman–Crippen MR) is 109 cm³/mol. The summed E-state index contributed by atoms with van der Waals surface area (Å²) in [7, 11) is 3.24. The number of rotatable bonds is 4. The zero-order valence-corrected chi connectivity index (χ0v) is 16.5. The molecule has 4 rings (SSSR count). The van der Waals surface area contributed by atoms with Crippen molar-refractivity contribution < 1.29 is 19.2 Å². The standard InChI is InChI=1S/C22H25BO4/c1-21(2)22(3,26-27-23(21)20(24-4)25-5)19-17-12-8-6-10-15(17)14-16-11-7-9-13-18(16)19/h6-14,20H,1-5H3. The number of ether oxygens (including phenoxy) is 2. The molecule has 1 heterocycles. The van der Waals surface area contributed by atoms with Crippen LogP contribution in [-0.2, 0) is 24.8 Å². The fourth-order valence-electron chi connectivity index (χ4n) is 4.27. The number of methoxy groups -OCH3 is 2. The highest BCUT2D eigenvalue weighted by molar-refractivity contribution is 6.57. The lowest BCUT2D eigenvalue weighted by atomic mass is 9.41. The Bertz CT molecular complexity index is 928. The molecule has 0 saturated carbocycles. The van der Waals surface area contributed by atoms with E-state index in [0.717, 1.165) is 5.56 Å². The molecule has 0 bridgehead atoms. The van der Waals surface area contributed by atoms with Crippen molar-refractivity contribution in [3.63, 3.8) is 0 Å². The molecule has 3 aromatic rings. The lowest BCUT2D eigenvalue weighted by molar-refractivity contribution is -0.277. The first-order valence-electron chi connectivity index (χ1n) is 9.25. The molecule has 27 heavy (non-hydrogen) atoms. The average Bonchev–Trinajstić information content (AvgIpc) is 2.91. The summed E-state index contributed by atoms with van der Waals surface area (Å²) in [6, 6.07) is 19.1. The number of fused-ring (bicyclic) bond motifs is 2. The molecule has 3 aromatic carbocycles. The van der Waals surface area contributed by atoms with Crippen LogP contribution in [0.3, 0.4) is 0 Å². The Morgan fingerprint density at radius 3 is 1.89 bits per heavy atom. The van der Waals surface area contributed by atoms with Gasteiger partial charge in [-0.15, -0.1) is 0 Å². The van der Waals surface area contributed by atoms with Gasteiger partial charge >= 0.3 is 6.92 Å². The Hall–Kier alpha value is -1.92. The van der Waals surface area contributed by atoms with Crippen LogP contribution in [0, 0.1) is 0 Å². The SMILES string of the molecule is COC(OC)B1OOC(C)(c2c3ccccc3cc3ccccc23)C1(C)C. The summed E-state index contributed by atoms with van der Waals surface area (Å²) in [4.78, 5) is 11.9. The van der Waals surface area contributed by atoms with Crippen LogP contribution in [0.25, 0.3) is 21.5 Å². The van der Waals surface area contributed by atoms with Gasteiger partial charge in [0.25, 0.3) is 0 Å². The maximum atomic E-state index is 6.10. The highest BCUT2D eigenvalue weighted by atomic mass is 17.2. The normalized spacial score (nSPS) is 22.2. The maximum Gasteiger partial charge on any atom is 0.409 e.